The third-order valence-electron chi connectivity index (χ3n) is 5.14. The Bertz CT molecular complexity index is 1750. The fraction of sp³-hybridized carbons (Fsp3) is 0.438. The fourth-order valence-corrected chi connectivity index (χ4v) is 3.99. The number of amides is 2. The maximum atomic E-state index is 11.4. The smallest absolute Gasteiger partial charge is 0.407 e. The van der Waals surface area contributed by atoms with Gasteiger partial charge in [0.15, 0.2) is 5.13 Å². The van der Waals surface area contributed by atoms with E-state index >= 15 is 0 Å². The molecule has 0 radical (unpaired) electrons. The second-order valence-electron chi connectivity index (χ2n) is 11.8. The highest BCUT2D eigenvalue weighted by Crippen LogP contribution is 2.24. The Kier molecular flexibility index (Phi) is 20.0. The number of nitrogen functional groups attached to an aromatic ring is 1. The lowest BCUT2D eigenvalue weighted by molar-refractivity contribution is -0.385. The van der Waals surface area contributed by atoms with Crippen molar-refractivity contribution in [2.24, 2.45) is 0 Å². The SMILES string of the molecule is C.C.CC(C)(C)OC(=O)NCCOc1ccc([N+](=O)[O-])cn1.CC(C)(C)OC(=O)NCCOc1ccc2nc(N)sc2n1.O=[N+]([O-])c1ccc(Cl)nc1. The van der Waals surface area contributed by atoms with Crippen molar-refractivity contribution in [3.8, 4) is 11.8 Å². The molecule has 292 valence electrons. The molecule has 53 heavy (non-hydrogen) atoms. The average Bonchev–Trinajstić information content (AvgIpc) is 3.40. The van der Waals surface area contributed by atoms with Crippen LogP contribution in [0, 0.1) is 20.2 Å². The molecular formula is C32H46ClN9O10S. The summed E-state index contributed by atoms with van der Waals surface area (Å²) in [6.07, 6.45) is 1.22. The first-order valence-electron chi connectivity index (χ1n) is 14.9. The molecular weight excluding hydrogens is 738 g/mol. The molecule has 21 heteroatoms. The third-order valence-corrected chi connectivity index (χ3v) is 6.16. The van der Waals surface area contributed by atoms with Gasteiger partial charge in [-0.25, -0.2) is 29.5 Å². The van der Waals surface area contributed by atoms with Crippen molar-refractivity contribution in [2.45, 2.75) is 67.6 Å². The Hall–Kier alpha value is -5.63. The molecule has 0 fully saturated rings. The fourth-order valence-electron chi connectivity index (χ4n) is 3.18. The Morgan fingerprint density at radius 1 is 0.774 bits per heavy atom. The maximum Gasteiger partial charge on any atom is 0.407 e. The second kappa shape index (κ2) is 22.3. The van der Waals surface area contributed by atoms with Gasteiger partial charge in [0.2, 0.25) is 11.8 Å². The number of hydrogen-bond acceptors (Lipinski definition) is 16. The molecule has 0 bridgehead atoms. The van der Waals surface area contributed by atoms with Crippen molar-refractivity contribution < 1.29 is 38.4 Å². The molecule has 0 aliphatic carbocycles. The number of anilines is 1. The highest BCUT2D eigenvalue weighted by Gasteiger charge is 2.16. The Morgan fingerprint density at radius 2 is 1.25 bits per heavy atom. The van der Waals surface area contributed by atoms with Crippen LogP contribution >= 0.6 is 22.9 Å². The Balaban J connectivity index is 0.000000794. The average molecular weight is 784 g/mol. The van der Waals surface area contributed by atoms with Gasteiger partial charge in [-0.2, -0.15) is 0 Å². The number of pyridine rings is 3. The summed E-state index contributed by atoms with van der Waals surface area (Å²) in [4.78, 5) is 58.5. The highest BCUT2D eigenvalue weighted by molar-refractivity contribution is 7.21. The minimum absolute atomic E-state index is 0. The highest BCUT2D eigenvalue weighted by atomic mass is 35.5. The monoisotopic (exact) mass is 783 g/mol. The van der Waals surface area contributed by atoms with Crippen molar-refractivity contribution in [3.05, 3.63) is 74.2 Å². The van der Waals surface area contributed by atoms with E-state index in [0.29, 0.717) is 24.2 Å². The quantitative estimate of drug-likeness (QED) is 0.0634. The molecule has 4 N–H and O–H groups in total. The van der Waals surface area contributed by atoms with E-state index in [2.05, 4.69) is 30.6 Å². The van der Waals surface area contributed by atoms with Crippen LogP contribution in [0.1, 0.15) is 56.4 Å². The van der Waals surface area contributed by atoms with Gasteiger partial charge in [0.25, 0.3) is 11.4 Å². The molecule has 0 aromatic carbocycles. The molecule has 0 aliphatic rings. The molecule has 4 rings (SSSR count). The van der Waals surface area contributed by atoms with Crippen molar-refractivity contribution >= 4 is 62.0 Å². The molecule has 2 amide bonds. The zero-order valence-corrected chi connectivity index (χ0v) is 30.1. The van der Waals surface area contributed by atoms with Crippen LogP contribution in [0.4, 0.5) is 26.1 Å². The number of carbonyl (C=O) groups excluding carboxylic acids is 2. The van der Waals surface area contributed by atoms with Gasteiger partial charge in [0.05, 0.1) is 22.9 Å². The van der Waals surface area contributed by atoms with Crippen LogP contribution in [0.2, 0.25) is 5.15 Å². The van der Waals surface area contributed by atoms with Gasteiger partial charge in [0.1, 0.15) is 52.3 Å². The number of nitrogens with one attached hydrogen (secondary N) is 2. The summed E-state index contributed by atoms with van der Waals surface area (Å²) in [5.41, 5.74) is 5.14. The molecule has 0 saturated heterocycles. The largest absolute Gasteiger partial charge is 0.476 e. The lowest BCUT2D eigenvalue weighted by Gasteiger charge is -2.19. The van der Waals surface area contributed by atoms with Gasteiger partial charge in [-0.05, 0) is 53.7 Å². The zero-order valence-electron chi connectivity index (χ0n) is 28.6. The molecule has 4 heterocycles. The van der Waals surface area contributed by atoms with Crippen molar-refractivity contribution in [3.63, 3.8) is 0 Å². The normalized spacial score (nSPS) is 10.3. The van der Waals surface area contributed by atoms with Gasteiger partial charge in [0, 0.05) is 24.3 Å². The van der Waals surface area contributed by atoms with E-state index in [1.54, 1.807) is 32.9 Å². The van der Waals surface area contributed by atoms with E-state index < -0.39 is 33.2 Å². The summed E-state index contributed by atoms with van der Waals surface area (Å²) in [6.45, 7) is 11.8. The summed E-state index contributed by atoms with van der Waals surface area (Å²) < 4.78 is 20.8. The number of ether oxygens (including phenoxy) is 4. The second-order valence-corrected chi connectivity index (χ2v) is 13.2. The summed E-state index contributed by atoms with van der Waals surface area (Å²) in [5.74, 6) is 0.721. The minimum atomic E-state index is -0.551. The van der Waals surface area contributed by atoms with Gasteiger partial charge < -0.3 is 35.3 Å². The van der Waals surface area contributed by atoms with E-state index in [4.69, 9.17) is 36.3 Å². The lowest BCUT2D eigenvalue weighted by Crippen LogP contribution is -2.34. The van der Waals surface area contributed by atoms with Gasteiger partial charge in [-0.15, -0.1) is 0 Å². The zero-order chi connectivity index (χ0) is 38.2. The van der Waals surface area contributed by atoms with E-state index in [9.17, 15) is 29.8 Å². The molecule has 0 aliphatic heterocycles. The standard InChI is InChI=1S/C13H18N4O3S.C12H17N3O5.C5H3ClN2O2.2CH4/c1-13(2,3)20-12(18)15-6-7-19-9-5-4-8-10(17-9)21-11(14)16-8;1-12(2,3)20-11(16)13-6-7-19-10-5-4-9(8-14-10)15(17)18;6-5-2-1-4(3-7-5)8(9)10;;/h4-5H,6-7H2,1-3H3,(H2,14,16)(H,15,18);4-5,8H,6-7H2,1-3H3,(H,13,16);1-3H;2*1H4. The number of fused-ring (bicyclic) bond motifs is 1. The van der Waals surface area contributed by atoms with Gasteiger partial charge in [-0.3, -0.25) is 20.2 Å². The Labute approximate surface area is 315 Å². The van der Waals surface area contributed by atoms with Gasteiger partial charge >= 0.3 is 12.2 Å². The minimum Gasteiger partial charge on any atom is -0.476 e. The summed E-state index contributed by atoms with van der Waals surface area (Å²) >= 11 is 6.69. The summed E-state index contributed by atoms with van der Waals surface area (Å²) in [7, 11) is 0. The maximum absolute atomic E-state index is 11.4. The number of nitro groups is 2. The van der Waals surface area contributed by atoms with Crippen LogP contribution in [0.25, 0.3) is 10.3 Å². The third kappa shape index (κ3) is 20.1. The number of nitrogens with two attached hydrogens (primary N) is 1. The Morgan fingerprint density at radius 3 is 1.68 bits per heavy atom. The summed E-state index contributed by atoms with van der Waals surface area (Å²) in [5, 5.41) is 26.3. The predicted octanol–water partition coefficient (Wildman–Crippen LogP) is 6.99. The number of aromatic nitrogens is 4. The number of alkyl carbamates (subject to hydrolysis) is 2. The van der Waals surface area contributed by atoms with Crippen LogP contribution in [0.5, 0.6) is 11.8 Å². The summed E-state index contributed by atoms with van der Waals surface area (Å²) in [6, 6.07) is 8.88. The van der Waals surface area contributed by atoms with Crippen molar-refractivity contribution in [1.29, 1.82) is 0 Å². The lowest BCUT2D eigenvalue weighted by atomic mass is 10.2. The van der Waals surface area contributed by atoms with Crippen LogP contribution in [-0.4, -0.2) is 79.5 Å². The van der Waals surface area contributed by atoms with E-state index in [1.807, 2.05) is 20.8 Å². The van der Waals surface area contributed by atoms with Crippen molar-refractivity contribution in [2.75, 3.05) is 32.0 Å². The molecule has 19 nitrogen and oxygen atoms in total. The first-order valence-corrected chi connectivity index (χ1v) is 16.1. The molecule has 0 unspecified atom stereocenters. The van der Waals surface area contributed by atoms with Gasteiger partial charge in [-0.1, -0.05) is 37.8 Å². The van der Waals surface area contributed by atoms with Crippen LogP contribution < -0.4 is 25.8 Å². The first kappa shape index (κ1) is 47.4. The topological polar surface area (TPSA) is 259 Å². The predicted molar refractivity (Wildman–Crippen MR) is 202 cm³/mol. The molecule has 0 spiro atoms. The first-order chi connectivity index (χ1) is 23.8. The molecule has 4 aromatic rings. The number of carbonyl (C=O) groups is 2. The number of nitrogens with zero attached hydrogens (tertiary/aromatic N) is 6. The number of hydrogen-bond donors (Lipinski definition) is 3. The number of halogens is 1. The van der Waals surface area contributed by atoms with Crippen LogP contribution in [-0.2, 0) is 9.47 Å². The molecule has 0 atom stereocenters. The van der Waals surface area contributed by atoms with Crippen molar-refractivity contribution in [1.82, 2.24) is 30.6 Å². The number of rotatable bonds is 10. The van der Waals surface area contributed by atoms with E-state index in [1.165, 1.54) is 35.6 Å². The van der Waals surface area contributed by atoms with E-state index in [-0.39, 0.29) is 50.4 Å². The van der Waals surface area contributed by atoms with E-state index in [0.717, 1.165) is 22.7 Å². The number of thiazole rings is 1. The molecule has 0 saturated carbocycles. The van der Waals surface area contributed by atoms with Crippen LogP contribution in [0.15, 0.2) is 48.8 Å². The molecule has 4 aromatic heterocycles. The van der Waals surface area contributed by atoms with Crippen LogP contribution in [0.3, 0.4) is 0 Å².